The molecule has 24 heavy (non-hydrogen) atoms. The number of hydrogen-bond acceptors (Lipinski definition) is 3. The van der Waals surface area contributed by atoms with Gasteiger partial charge >= 0.3 is 0 Å². The van der Waals surface area contributed by atoms with Crippen molar-refractivity contribution in [2.24, 2.45) is 0 Å². The molecule has 0 heterocycles. The van der Waals surface area contributed by atoms with E-state index in [1.807, 2.05) is 51.1 Å². The molecule has 0 aromatic heterocycles. The number of carbonyl (C=O) groups is 2. The average Bonchev–Trinajstić information content (AvgIpc) is 2.56. The molecule has 0 aliphatic heterocycles. The molecular weight excluding hydrogens is 302 g/mol. The fraction of sp³-hybridized carbons (Fsp3) is 0.300. The molecular formula is C20H23NO3. The van der Waals surface area contributed by atoms with Crippen molar-refractivity contribution in [2.45, 2.75) is 40.2 Å². The van der Waals surface area contributed by atoms with E-state index in [0.717, 1.165) is 22.3 Å². The Morgan fingerprint density at radius 2 is 1.67 bits per heavy atom. The highest BCUT2D eigenvalue weighted by Crippen LogP contribution is 2.18. The van der Waals surface area contributed by atoms with Crippen molar-refractivity contribution in [3.8, 4) is 0 Å². The molecule has 0 atom stereocenters. The molecule has 2 aromatic carbocycles. The number of aliphatic hydroxyl groups is 1. The maximum absolute atomic E-state index is 12.3. The second-order valence-electron chi connectivity index (χ2n) is 6.10. The Balaban J connectivity index is 1.98. The summed E-state index contributed by atoms with van der Waals surface area (Å²) in [6.45, 7) is 5.66. The van der Waals surface area contributed by atoms with Crippen LogP contribution in [-0.2, 0) is 11.4 Å². The molecule has 0 radical (unpaired) electrons. The lowest BCUT2D eigenvalue weighted by Crippen LogP contribution is -2.15. The number of nitrogens with one attached hydrogen (secondary N) is 1. The van der Waals surface area contributed by atoms with Crippen LogP contribution in [0.3, 0.4) is 0 Å². The Morgan fingerprint density at radius 1 is 0.958 bits per heavy atom. The lowest BCUT2D eigenvalue weighted by atomic mass is 9.99. The van der Waals surface area contributed by atoms with Gasteiger partial charge in [0, 0.05) is 24.1 Å². The summed E-state index contributed by atoms with van der Waals surface area (Å²) in [5.41, 5.74) is 4.97. The number of rotatable bonds is 6. The summed E-state index contributed by atoms with van der Waals surface area (Å²) in [4.78, 5) is 24.5. The fourth-order valence-corrected chi connectivity index (χ4v) is 2.51. The second-order valence-corrected chi connectivity index (χ2v) is 6.10. The largest absolute Gasteiger partial charge is 0.392 e. The molecule has 1 amide bonds. The standard InChI is InChI=1S/C20H23NO3/c1-13-4-5-14(2)17(10-13)19(23)8-9-20(24)21-18-11-16(12-22)7-6-15(18)3/h4-7,10-11,22H,8-9,12H2,1-3H3,(H,21,24). The Bertz CT molecular complexity index is 765. The van der Waals surface area contributed by atoms with Crippen molar-refractivity contribution < 1.29 is 14.7 Å². The van der Waals surface area contributed by atoms with Crippen molar-refractivity contribution in [3.05, 3.63) is 64.2 Å². The SMILES string of the molecule is Cc1ccc(C)c(C(=O)CCC(=O)Nc2cc(CO)ccc2C)c1. The third-order valence-electron chi connectivity index (χ3n) is 4.03. The highest BCUT2D eigenvalue weighted by atomic mass is 16.3. The zero-order valence-electron chi connectivity index (χ0n) is 14.3. The first-order valence-electron chi connectivity index (χ1n) is 8.01. The highest BCUT2D eigenvalue weighted by molar-refractivity contribution is 6.01. The van der Waals surface area contributed by atoms with Gasteiger partial charge in [-0.1, -0.05) is 29.8 Å². The summed E-state index contributed by atoms with van der Waals surface area (Å²) >= 11 is 0. The number of aliphatic hydroxyl groups excluding tert-OH is 1. The van der Waals surface area contributed by atoms with Crippen molar-refractivity contribution in [2.75, 3.05) is 5.32 Å². The minimum atomic E-state index is -0.202. The van der Waals surface area contributed by atoms with Crippen molar-refractivity contribution >= 4 is 17.4 Å². The molecule has 0 unspecified atom stereocenters. The van der Waals surface area contributed by atoms with Gasteiger partial charge in [0.15, 0.2) is 5.78 Å². The number of anilines is 1. The molecule has 0 bridgehead atoms. The van der Waals surface area contributed by atoms with Crippen LogP contribution in [0, 0.1) is 20.8 Å². The van der Waals surface area contributed by atoms with Crippen molar-refractivity contribution in [3.63, 3.8) is 0 Å². The van der Waals surface area contributed by atoms with Crippen LogP contribution in [0.15, 0.2) is 36.4 Å². The predicted molar refractivity (Wildman–Crippen MR) is 95.2 cm³/mol. The quantitative estimate of drug-likeness (QED) is 0.796. The summed E-state index contributed by atoms with van der Waals surface area (Å²) in [6, 6.07) is 11.2. The highest BCUT2D eigenvalue weighted by Gasteiger charge is 2.12. The molecule has 0 saturated heterocycles. The van der Waals surface area contributed by atoms with E-state index in [-0.39, 0.29) is 31.1 Å². The van der Waals surface area contributed by atoms with Crippen LogP contribution in [0.25, 0.3) is 0 Å². The van der Waals surface area contributed by atoms with Crippen LogP contribution in [0.5, 0.6) is 0 Å². The summed E-state index contributed by atoms with van der Waals surface area (Å²) in [6.07, 6.45) is 0.309. The Morgan fingerprint density at radius 3 is 2.38 bits per heavy atom. The van der Waals surface area contributed by atoms with Crippen molar-refractivity contribution in [1.29, 1.82) is 0 Å². The number of amides is 1. The van der Waals surface area contributed by atoms with Gasteiger partial charge in [-0.3, -0.25) is 9.59 Å². The van der Waals surface area contributed by atoms with Gasteiger partial charge in [-0.2, -0.15) is 0 Å². The Labute approximate surface area is 142 Å². The zero-order valence-corrected chi connectivity index (χ0v) is 14.3. The zero-order chi connectivity index (χ0) is 17.7. The molecule has 0 spiro atoms. The maximum atomic E-state index is 12.3. The van der Waals surface area contributed by atoms with Crippen LogP contribution in [0.4, 0.5) is 5.69 Å². The van der Waals surface area contributed by atoms with E-state index >= 15 is 0 Å². The van der Waals surface area contributed by atoms with Gasteiger partial charge in [-0.05, 0) is 49.6 Å². The lowest BCUT2D eigenvalue weighted by Gasteiger charge is -2.10. The number of benzene rings is 2. The van der Waals surface area contributed by atoms with E-state index in [1.165, 1.54) is 0 Å². The smallest absolute Gasteiger partial charge is 0.224 e. The third kappa shape index (κ3) is 4.52. The van der Waals surface area contributed by atoms with E-state index in [1.54, 1.807) is 6.07 Å². The molecule has 2 rings (SSSR count). The third-order valence-corrected chi connectivity index (χ3v) is 4.03. The van der Waals surface area contributed by atoms with Crippen LogP contribution in [0.2, 0.25) is 0 Å². The Kier molecular flexibility index (Phi) is 5.88. The van der Waals surface area contributed by atoms with E-state index in [4.69, 9.17) is 0 Å². The summed E-state index contributed by atoms with van der Waals surface area (Å²) in [5, 5.41) is 12.0. The molecule has 0 aliphatic carbocycles. The fourth-order valence-electron chi connectivity index (χ4n) is 2.51. The van der Waals surface area contributed by atoms with Crippen LogP contribution < -0.4 is 5.32 Å². The first-order valence-corrected chi connectivity index (χ1v) is 8.01. The van der Waals surface area contributed by atoms with Gasteiger partial charge in [0.1, 0.15) is 0 Å². The monoisotopic (exact) mass is 325 g/mol. The predicted octanol–water partition coefficient (Wildman–Crippen LogP) is 3.71. The molecule has 126 valence electrons. The first-order chi connectivity index (χ1) is 11.4. The lowest BCUT2D eigenvalue weighted by molar-refractivity contribution is -0.116. The first kappa shape index (κ1) is 17.9. The molecule has 0 fully saturated rings. The van der Waals surface area contributed by atoms with Crippen molar-refractivity contribution in [1.82, 2.24) is 0 Å². The minimum absolute atomic E-state index is 0.0211. The van der Waals surface area contributed by atoms with Gasteiger partial charge in [0.05, 0.1) is 6.61 Å². The molecule has 0 saturated carbocycles. The van der Waals surface area contributed by atoms with Crippen LogP contribution in [0.1, 0.15) is 45.5 Å². The maximum Gasteiger partial charge on any atom is 0.224 e. The van der Waals surface area contributed by atoms with Gasteiger partial charge in [-0.15, -0.1) is 0 Å². The summed E-state index contributed by atoms with van der Waals surface area (Å²) < 4.78 is 0. The Hall–Kier alpha value is -2.46. The topological polar surface area (TPSA) is 66.4 Å². The molecule has 0 aliphatic rings. The van der Waals surface area contributed by atoms with Gasteiger partial charge in [-0.25, -0.2) is 0 Å². The van der Waals surface area contributed by atoms with E-state index in [2.05, 4.69) is 5.32 Å². The second kappa shape index (κ2) is 7.88. The van der Waals surface area contributed by atoms with Gasteiger partial charge in [0.2, 0.25) is 5.91 Å². The summed E-state index contributed by atoms with van der Waals surface area (Å²) in [5.74, 6) is -0.223. The number of carbonyl (C=O) groups excluding carboxylic acids is 2. The summed E-state index contributed by atoms with van der Waals surface area (Å²) in [7, 11) is 0. The normalized spacial score (nSPS) is 10.5. The molecule has 4 nitrogen and oxygen atoms in total. The molecule has 4 heteroatoms. The number of aryl methyl sites for hydroxylation is 3. The van der Waals surface area contributed by atoms with E-state index < -0.39 is 0 Å². The number of hydrogen-bond donors (Lipinski definition) is 2. The van der Waals surface area contributed by atoms with Gasteiger partial charge in [0.25, 0.3) is 0 Å². The average molecular weight is 325 g/mol. The number of ketones is 1. The van der Waals surface area contributed by atoms with E-state index in [9.17, 15) is 14.7 Å². The van der Waals surface area contributed by atoms with Crippen LogP contribution >= 0.6 is 0 Å². The van der Waals surface area contributed by atoms with Crippen LogP contribution in [-0.4, -0.2) is 16.8 Å². The molecule has 2 N–H and O–H groups in total. The van der Waals surface area contributed by atoms with Gasteiger partial charge < -0.3 is 10.4 Å². The number of Topliss-reactive ketones (excluding diaryl/α,β-unsaturated/α-hetero) is 1. The van der Waals surface area contributed by atoms with E-state index in [0.29, 0.717) is 11.3 Å². The minimum Gasteiger partial charge on any atom is -0.392 e. The molecule has 2 aromatic rings.